The van der Waals surface area contributed by atoms with E-state index in [-0.39, 0.29) is 0 Å². The molecule has 19 heavy (non-hydrogen) atoms. The fourth-order valence-corrected chi connectivity index (χ4v) is 3.42. The molecule has 2 unspecified atom stereocenters. The van der Waals surface area contributed by atoms with E-state index in [0.29, 0.717) is 12.0 Å². The number of anilines is 1. The van der Waals surface area contributed by atoms with Crippen LogP contribution in [0.1, 0.15) is 12.5 Å². The third kappa shape index (κ3) is 3.30. The summed E-state index contributed by atoms with van der Waals surface area (Å²) >= 11 is 3.57. The SMILES string of the molecule is CNCc1cc(Br)ccc1N1CC(C)C(N(C)C)C1. The highest BCUT2D eigenvalue weighted by Gasteiger charge is 2.31. The Bertz CT molecular complexity index is 433. The van der Waals surface area contributed by atoms with Gasteiger partial charge in [-0.2, -0.15) is 0 Å². The van der Waals surface area contributed by atoms with Gasteiger partial charge in [-0.05, 0) is 50.8 Å². The molecular formula is C15H24BrN3. The summed E-state index contributed by atoms with van der Waals surface area (Å²) < 4.78 is 1.15. The summed E-state index contributed by atoms with van der Waals surface area (Å²) in [6.07, 6.45) is 0. The molecule has 4 heteroatoms. The molecule has 2 rings (SSSR count). The Hall–Kier alpha value is -0.580. The van der Waals surface area contributed by atoms with Gasteiger partial charge in [0, 0.05) is 35.8 Å². The maximum Gasteiger partial charge on any atom is 0.0413 e. The van der Waals surface area contributed by atoms with Crippen LogP contribution in [-0.4, -0.2) is 45.2 Å². The van der Waals surface area contributed by atoms with Crippen molar-refractivity contribution in [2.75, 3.05) is 39.1 Å². The molecule has 1 aromatic carbocycles. The van der Waals surface area contributed by atoms with E-state index in [1.807, 2.05) is 7.05 Å². The molecule has 1 aromatic rings. The second-order valence-electron chi connectivity index (χ2n) is 5.72. The van der Waals surface area contributed by atoms with Crippen LogP contribution < -0.4 is 10.2 Å². The summed E-state index contributed by atoms with van der Waals surface area (Å²) in [6, 6.07) is 7.24. The number of rotatable bonds is 4. The molecule has 1 aliphatic rings. The highest BCUT2D eigenvalue weighted by atomic mass is 79.9. The minimum Gasteiger partial charge on any atom is -0.369 e. The Morgan fingerprint density at radius 2 is 2.11 bits per heavy atom. The van der Waals surface area contributed by atoms with Crippen molar-refractivity contribution in [2.24, 2.45) is 5.92 Å². The Morgan fingerprint density at radius 3 is 2.68 bits per heavy atom. The number of halogens is 1. The Balaban J connectivity index is 2.23. The Kier molecular flexibility index (Phi) is 4.87. The van der Waals surface area contributed by atoms with E-state index in [0.717, 1.165) is 24.1 Å². The van der Waals surface area contributed by atoms with Gasteiger partial charge in [-0.3, -0.25) is 0 Å². The van der Waals surface area contributed by atoms with Gasteiger partial charge in [0.25, 0.3) is 0 Å². The normalized spacial score (nSPS) is 23.4. The number of benzene rings is 1. The average Bonchev–Trinajstić information content (AvgIpc) is 2.72. The smallest absolute Gasteiger partial charge is 0.0413 e. The van der Waals surface area contributed by atoms with Gasteiger partial charge in [0.1, 0.15) is 0 Å². The predicted octanol–water partition coefficient (Wildman–Crippen LogP) is 2.55. The van der Waals surface area contributed by atoms with E-state index in [4.69, 9.17) is 0 Å². The second kappa shape index (κ2) is 6.25. The standard InChI is InChI=1S/C15H24BrN3/c1-11-9-19(10-15(11)18(3)4)14-6-5-13(16)7-12(14)8-17-2/h5-7,11,15,17H,8-10H2,1-4H3. The van der Waals surface area contributed by atoms with Gasteiger partial charge in [0.05, 0.1) is 0 Å². The van der Waals surface area contributed by atoms with Gasteiger partial charge in [0.15, 0.2) is 0 Å². The lowest BCUT2D eigenvalue weighted by Crippen LogP contribution is -2.34. The van der Waals surface area contributed by atoms with Crippen LogP contribution >= 0.6 is 15.9 Å². The van der Waals surface area contributed by atoms with Gasteiger partial charge in [0.2, 0.25) is 0 Å². The number of likely N-dealkylation sites (N-methyl/N-ethyl adjacent to an activating group) is 1. The van der Waals surface area contributed by atoms with Gasteiger partial charge in [-0.15, -0.1) is 0 Å². The van der Waals surface area contributed by atoms with Crippen molar-refractivity contribution in [3.63, 3.8) is 0 Å². The van der Waals surface area contributed by atoms with Crippen LogP contribution in [0.3, 0.4) is 0 Å². The highest BCUT2D eigenvalue weighted by Crippen LogP contribution is 2.30. The van der Waals surface area contributed by atoms with Crippen molar-refractivity contribution >= 4 is 21.6 Å². The fraction of sp³-hybridized carbons (Fsp3) is 0.600. The van der Waals surface area contributed by atoms with Gasteiger partial charge in [-0.1, -0.05) is 22.9 Å². The van der Waals surface area contributed by atoms with Crippen LogP contribution in [-0.2, 0) is 6.54 Å². The molecule has 1 heterocycles. The molecule has 0 radical (unpaired) electrons. The first-order valence-corrected chi connectivity index (χ1v) is 7.66. The first kappa shape index (κ1) is 14.8. The minimum absolute atomic E-state index is 0.645. The maximum absolute atomic E-state index is 3.57. The molecule has 0 aromatic heterocycles. The summed E-state index contributed by atoms with van der Waals surface area (Å²) in [5.74, 6) is 0.709. The zero-order valence-electron chi connectivity index (χ0n) is 12.3. The number of nitrogens with zero attached hydrogens (tertiary/aromatic N) is 2. The summed E-state index contributed by atoms with van der Waals surface area (Å²) in [5.41, 5.74) is 2.73. The van der Waals surface area contributed by atoms with E-state index < -0.39 is 0 Å². The fourth-order valence-electron chi connectivity index (χ4n) is 3.01. The molecular weight excluding hydrogens is 302 g/mol. The van der Waals surface area contributed by atoms with Crippen LogP contribution in [0.25, 0.3) is 0 Å². The topological polar surface area (TPSA) is 18.5 Å². The first-order valence-electron chi connectivity index (χ1n) is 6.87. The molecule has 0 saturated carbocycles. The largest absolute Gasteiger partial charge is 0.369 e. The van der Waals surface area contributed by atoms with E-state index in [2.05, 4.69) is 70.3 Å². The van der Waals surface area contributed by atoms with Crippen molar-refractivity contribution in [1.82, 2.24) is 10.2 Å². The number of hydrogen-bond acceptors (Lipinski definition) is 3. The number of hydrogen-bond donors (Lipinski definition) is 1. The predicted molar refractivity (Wildman–Crippen MR) is 85.8 cm³/mol. The van der Waals surface area contributed by atoms with Gasteiger partial charge >= 0.3 is 0 Å². The molecule has 1 saturated heterocycles. The van der Waals surface area contributed by atoms with Crippen LogP contribution in [0.2, 0.25) is 0 Å². The summed E-state index contributed by atoms with van der Waals surface area (Å²) in [5, 5.41) is 3.26. The molecule has 1 aliphatic heterocycles. The summed E-state index contributed by atoms with van der Waals surface area (Å²) in [4.78, 5) is 4.87. The zero-order valence-corrected chi connectivity index (χ0v) is 13.9. The molecule has 2 atom stereocenters. The van der Waals surface area contributed by atoms with E-state index >= 15 is 0 Å². The lowest BCUT2D eigenvalue weighted by Gasteiger charge is -2.24. The third-order valence-corrected chi connectivity index (χ3v) is 4.48. The van der Waals surface area contributed by atoms with Crippen LogP contribution in [0.15, 0.2) is 22.7 Å². The summed E-state index contributed by atoms with van der Waals surface area (Å²) in [7, 11) is 6.36. The van der Waals surface area contributed by atoms with Crippen LogP contribution in [0.5, 0.6) is 0 Å². The maximum atomic E-state index is 3.57. The molecule has 0 bridgehead atoms. The van der Waals surface area contributed by atoms with E-state index in [9.17, 15) is 0 Å². The Labute approximate surface area is 125 Å². The minimum atomic E-state index is 0.645. The van der Waals surface area contributed by atoms with Crippen molar-refractivity contribution in [2.45, 2.75) is 19.5 Å². The monoisotopic (exact) mass is 325 g/mol. The lowest BCUT2D eigenvalue weighted by atomic mass is 10.1. The van der Waals surface area contributed by atoms with Crippen molar-refractivity contribution in [3.05, 3.63) is 28.2 Å². The van der Waals surface area contributed by atoms with Crippen LogP contribution in [0.4, 0.5) is 5.69 Å². The third-order valence-electron chi connectivity index (χ3n) is 3.99. The zero-order chi connectivity index (χ0) is 14.0. The van der Waals surface area contributed by atoms with Gasteiger partial charge < -0.3 is 15.1 Å². The lowest BCUT2D eigenvalue weighted by molar-refractivity contribution is 0.266. The molecule has 0 aliphatic carbocycles. The van der Waals surface area contributed by atoms with E-state index in [1.54, 1.807) is 0 Å². The quantitative estimate of drug-likeness (QED) is 0.917. The van der Waals surface area contributed by atoms with Crippen molar-refractivity contribution in [3.8, 4) is 0 Å². The second-order valence-corrected chi connectivity index (χ2v) is 6.63. The number of nitrogens with one attached hydrogen (secondary N) is 1. The molecule has 1 N–H and O–H groups in total. The van der Waals surface area contributed by atoms with Crippen LogP contribution in [0, 0.1) is 5.92 Å². The molecule has 0 spiro atoms. The average molecular weight is 326 g/mol. The van der Waals surface area contributed by atoms with Crippen molar-refractivity contribution in [1.29, 1.82) is 0 Å². The van der Waals surface area contributed by atoms with E-state index in [1.165, 1.54) is 11.3 Å². The molecule has 0 amide bonds. The molecule has 106 valence electrons. The van der Waals surface area contributed by atoms with Gasteiger partial charge in [-0.25, -0.2) is 0 Å². The first-order chi connectivity index (χ1) is 9.02. The Morgan fingerprint density at radius 1 is 1.37 bits per heavy atom. The molecule has 3 nitrogen and oxygen atoms in total. The van der Waals surface area contributed by atoms with Crippen molar-refractivity contribution < 1.29 is 0 Å². The highest BCUT2D eigenvalue weighted by molar-refractivity contribution is 9.10. The molecule has 1 fully saturated rings. The summed E-state index contributed by atoms with van der Waals surface area (Å²) in [6.45, 7) is 5.52.